The number of aryl methyl sites for hydroxylation is 2. The first-order chi connectivity index (χ1) is 16.3. The van der Waals surface area contributed by atoms with Gasteiger partial charge in [0.1, 0.15) is 23.2 Å². The molecule has 0 spiro atoms. The van der Waals surface area contributed by atoms with E-state index in [-0.39, 0.29) is 24.1 Å². The summed E-state index contributed by atoms with van der Waals surface area (Å²) in [5, 5.41) is 12.1. The number of H-pyrrole nitrogens is 1. The van der Waals surface area contributed by atoms with E-state index < -0.39 is 23.3 Å². The second-order valence-corrected chi connectivity index (χ2v) is 9.58. The topological polar surface area (TPSA) is 122 Å². The summed E-state index contributed by atoms with van der Waals surface area (Å²) in [6.45, 7) is 4.34. The van der Waals surface area contributed by atoms with E-state index in [0.717, 1.165) is 31.9 Å². The van der Waals surface area contributed by atoms with Crippen LogP contribution in [0.1, 0.15) is 39.8 Å². The summed E-state index contributed by atoms with van der Waals surface area (Å²) in [6, 6.07) is 3.81. The number of nitrogens with zero attached hydrogens (tertiary/aromatic N) is 4. The molecule has 10 nitrogen and oxygen atoms in total. The summed E-state index contributed by atoms with van der Waals surface area (Å²) in [6.07, 6.45) is 1.98. The lowest BCUT2D eigenvalue weighted by atomic mass is 10.0. The van der Waals surface area contributed by atoms with Gasteiger partial charge in [0.15, 0.2) is 0 Å². The number of aliphatic hydroxyl groups excluding tert-OH is 1. The van der Waals surface area contributed by atoms with Gasteiger partial charge in [-0.25, -0.2) is 14.8 Å². The van der Waals surface area contributed by atoms with Crippen molar-refractivity contribution in [3.05, 3.63) is 60.9 Å². The first-order valence-corrected chi connectivity index (χ1v) is 11.9. The molecule has 4 aromatic heterocycles. The first-order valence-electron chi connectivity index (χ1n) is 11.1. The van der Waals surface area contributed by atoms with Gasteiger partial charge in [-0.1, -0.05) is 6.92 Å². The Bertz CT molecular complexity index is 1550. The highest BCUT2D eigenvalue weighted by Gasteiger charge is 2.33. The number of aromatic amines is 1. The van der Waals surface area contributed by atoms with E-state index in [1.54, 1.807) is 10.8 Å². The minimum atomic E-state index is -0.791. The molecule has 178 valence electrons. The molecule has 1 aliphatic heterocycles. The Hall–Kier alpha value is -3.28. The summed E-state index contributed by atoms with van der Waals surface area (Å²) in [5.41, 5.74) is 1.91. The number of hydrogen-bond acceptors (Lipinski definition) is 7. The van der Waals surface area contributed by atoms with Crippen molar-refractivity contribution in [3.63, 3.8) is 0 Å². The lowest BCUT2D eigenvalue weighted by molar-refractivity contribution is -0.0778. The molecule has 1 amide bonds. The zero-order valence-corrected chi connectivity index (χ0v) is 19.9. The first kappa shape index (κ1) is 22.5. The number of rotatable bonds is 5. The molecule has 1 atom stereocenters. The third-order valence-corrected chi connectivity index (χ3v) is 7.37. The normalized spacial score (nSPS) is 16.2. The van der Waals surface area contributed by atoms with Crippen molar-refractivity contribution in [1.29, 1.82) is 0 Å². The molecule has 2 N–H and O–H groups in total. The summed E-state index contributed by atoms with van der Waals surface area (Å²) < 4.78 is 2.61. The third kappa shape index (κ3) is 3.47. The van der Waals surface area contributed by atoms with Crippen LogP contribution < -0.4 is 11.2 Å². The Labute approximate surface area is 198 Å². The Kier molecular flexibility index (Phi) is 5.62. The number of aliphatic hydroxyl groups is 1. The third-order valence-electron chi connectivity index (χ3n) is 6.16. The van der Waals surface area contributed by atoms with E-state index in [9.17, 15) is 19.5 Å². The number of nitrogens with one attached hydrogen (secondary N) is 1. The van der Waals surface area contributed by atoms with Crippen molar-refractivity contribution in [2.24, 2.45) is 7.05 Å². The van der Waals surface area contributed by atoms with Gasteiger partial charge in [-0.3, -0.25) is 23.6 Å². The van der Waals surface area contributed by atoms with Crippen molar-refractivity contribution in [2.45, 2.75) is 39.3 Å². The Balaban J connectivity index is 1.78. The van der Waals surface area contributed by atoms with Crippen LogP contribution in [0.25, 0.3) is 21.3 Å². The van der Waals surface area contributed by atoms with Gasteiger partial charge in [0.2, 0.25) is 0 Å². The largest absolute Gasteiger partial charge is 0.389 e. The number of hydroxylamine groups is 2. The highest BCUT2D eigenvalue weighted by molar-refractivity contribution is 7.19. The fourth-order valence-corrected chi connectivity index (χ4v) is 5.79. The maximum Gasteiger partial charge on any atom is 0.331 e. The molecule has 0 aromatic carbocycles. The summed E-state index contributed by atoms with van der Waals surface area (Å²) in [4.78, 5) is 54.0. The molecule has 1 fully saturated rings. The van der Waals surface area contributed by atoms with E-state index in [1.807, 2.05) is 26.0 Å². The Morgan fingerprint density at radius 3 is 2.88 bits per heavy atom. The Morgan fingerprint density at radius 2 is 2.18 bits per heavy atom. The van der Waals surface area contributed by atoms with Gasteiger partial charge in [0.05, 0.1) is 17.5 Å². The zero-order valence-electron chi connectivity index (χ0n) is 19.1. The average molecular weight is 484 g/mol. The van der Waals surface area contributed by atoms with E-state index in [0.29, 0.717) is 29.1 Å². The number of thiophene rings is 1. The molecule has 0 unspecified atom stereocenters. The van der Waals surface area contributed by atoms with Gasteiger partial charge in [-0.05, 0) is 31.0 Å². The van der Waals surface area contributed by atoms with Crippen molar-refractivity contribution in [2.75, 3.05) is 13.2 Å². The van der Waals surface area contributed by atoms with E-state index in [4.69, 9.17) is 4.84 Å². The van der Waals surface area contributed by atoms with Gasteiger partial charge in [-0.15, -0.1) is 11.3 Å². The highest BCUT2D eigenvalue weighted by Crippen LogP contribution is 2.34. The predicted molar refractivity (Wildman–Crippen MR) is 128 cm³/mol. The standard InChI is InChI=1S/C23H25N5O5S/c1-4-8-27-22-18(20(30)26(3)23(27)32)17(21(31)28-10-13(29)11-33-28)16(34-22)9-15-12(2)25-19-14(15)6-5-7-24-19/h5-7,13,29H,4,8-11H2,1-3H3,(H,24,25)/t13-/m0/s1. The smallest absolute Gasteiger partial charge is 0.331 e. The number of amides is 1. The van der Waals surface area contributed by atoms with Gasteiger partial charge in [0.25, 0.3) is 11.5 Å². The molecule has 5 rings (SSSR count). The van der Waals surface area contributed by atoms with E-state index in [2.05, 4.69) is 9.97 Å². The fourth-order valence-electron chi connectivity index (χ4n) is 4.48. The highest BCUT2D eigenvalue weighted by atomic mass is 32.1. The number of fused-ring (bicyclic) bond motifs is 2. The predicted octanol–water partition coefficient (Wildman–Crippen LogP) is 1.70. The van der Waals surface area contributed by atoms with Crippen LogP contribution >= 0.6 is 11.3 Å². The molecule has 4 aromatic rings. The molecule has 0 saturated carbocycles. The molecule has 1 aliphatic rings. The van der Waals surface area contributed by atoms with Gasteiger partial charge >= 0.3 is 5.69 Å². The maximum atomic E-state index is 13.6. The molecule has 34 heavy (non-hydrogen) atoms. The minimum absolute atomic E-state index is 0.00885. The van der Waals surface area contributed by atoms with Crippen LogP contribution in [-0.4, -0.2) is 54.4 Å². The van der Waals surface area contributed by atoms with Gasteiger partial charge in [-0.2, -0.15) is 0 Å². The molecular formula is C23H25N5O5S. The van der Waals surface area contributed by atoms with Crippen LogP contribution in [0.2, 0.25) is 0 Å². The monoisotopic (exact) mass is 483 g/mol. The molecule has 0 radical (unpaired) electrons. The number of carbonyl (C=O) groups excluding carboxylic acids is 1. The van der Waals surface area contributed by atoms with E-state index >= 15 is 0 Å². The number of carbonyl (C=O) groups is 1. The van der Waals surface area contributed by atoms with Gasteiger partial charge < -0.3 is 10.1 Å². The van der Waals surface area contributed by atoms with E-state index in [1.165, 1.54) is 18.4 Å². The van der Waals surface area contributed by atoms with Gasteiger partial charge in [0, 0.05) is 42.2 Å². The lowest BCUT2D eigenvalue weighted by Crippen LogP contribution is -2.38. The molecule has 1 saturated heterocycles. The summed E-state index contributed by atoms with van der Waals surface area (Å²) in [7, 11) is 1.42. The molecule has 0 aliphatic carbocycles. The minimum Gasteiger partial charge on any atom is -0.389 e. The fraction of sp³-hybridized carbons (Fsp3) is 0.391. The maximum absolute atomic E-state index is 13.6. The molecule has 5 heterocycles. The molecular weight excluding hydrogens is 458 g/mol. The number of β-amino-alcohol motifs (C(OH)–C–C–N with tert-alkyl or cyclic N) is 1. The number of hydrogen-bond donors (Lipinski definition) is 2. The van der Waals surface area contributed by atoms with Crippen LogP contribution in [0.3, 0.4) is 0 Å². The summed E-state index contributed by atoms with van der Waals surface area (Å²) >= 11 is 1.28. The van der Waals surface area contributed by atoms with Crippen LogP contribution in [-0.2, 0) is 24.9 Å². The van der Waals surface area contributed by atoms with Crippen LogP contribution in [0.5, 0.6) is 0 Å². The van der Waals surface area contributed by atoms with Crippen molar-refractivity contribution >= 4 is 38.5 Å². The van der Waals surface area contributed by atoms with Crippen molar-refractivity contribution < 1.29 is 14.7 Å². The average Bonchev–Trinajstić information content (AvgIpc) is 3.51. The molecule has 11 heteroatoms. The zero-order chi connectivity index (χ0) is 24.1. The van der Waals surface area contributed by atoms with Crippen LogP contribution in [0, 0.1) is 6.92 Å². The molecule has 0 bridgehead atoms. The van der Waals surface area contributed by atoms with Crippen LogP contribution in [0.15, 0.2) is 27.9 Å². The Morgan fingerprint density at radius 1 is 1.38 bits per heavy atom. The van der Waals surface area contributed by atoms with Crippen molar-refractivity contribution in [3.8, 4) is 0 Å². The van der Waals surface area contributed by atoms with Crippen molar-refractivity contribution in [1.82, 2.24) is 24.2 Å². The SMILES string of the molecule is CCCn1c(=O)n(C)c(=O)c2c(C(=O)N3C[C@H](O)CO3)c(Cc3c(C)[nH]c4ncccc34)sc21. The van der Waals surface area contributed by atoms with Crippen LogP contribution in [0.4, 0.5) is 0 Å². The number of aromatic nitrogens is 4. The second kappa shape index (κ2) is 8.49. The second-order valence-electron chi connectivity index (χ2n) is 8.50. The summed E-state index contributed by atoms with van der Waals surface area (Å²) in [5.74, 6) is -0.493. The number of pyridine rings is 1. The lowest BCUT2D eigenvalue weighted by Gasteiger charge is -2.15. The quantitative estimate of drug-likeness (QED) is 0.446.